The first-order valence-electron chi connectivity index (χ1n) is 3.59. The van der Waals surface area contributed by atoms with Gasteiger partial charge in [-0.3, -0.25) is 0 Å². The van der Waals surface area contributed by atoms with Gasteiger partial charge < -0.3 is 5.11 Å². The van der Waals surface area contributed by atoms with E-state index in [9.17, 15) is 13.9 Å². The molecule has 0 unspecified atom stereocenters. The monoisotopic (exact) mass is 262 g/mol. The Kier molecular flexibility index (Phi) is 3.36. The van der Waals surface area contributed by atoms with Crippen LogP contribution in [-0.4, -0.2) is 10.1 Å². The number of aromatic nitrogens is 1. The highest BCUT2D eigenvalue weighted by atomic mass is 79.9. The molecule has 0 aliphatic carbocycles. The van der Waals surface area contributed by atoms with Crippen molar-refractivity contribution in [2.24, 2.45) is 0 Å². The van der Waals surface area contributed by atoms with Gasteiger partial charge in [0, 0.05) is 0 Å². The number of hydrogen-bond acceptors (Lipinski definition) is 3. The van der Waals surface area contributed by atoms with Crippen LogP contribution < -0.4 is 0 Å². The molecule has 1 aromatic heterocycles. The van der Waals surface area contributed by atoms with E-state index in [1.54, 1.807) is 6.07 Å². The summed E-state index contributed by atoms with van der Waals surface area (Å²) in [7, 11) is 0. The quantitative estimate of drug-likeness (QED) is 0.891. The van der Waals surface area contributed by atoms with Gasteiger partial charge in [-0.25, -0.2) is 13.8 Å². The SMILES string of the molecule is N#CCc1nc(C(F)F)cc(Br)c1O. The Morgan fingerprint density at radius 2 is 2.29 bits per heavy atom. The third kappa shape index (κ3) is 2.17. The Labute approximate surface area is 87.1 Å². The van der Waals surface area contributed by atoms with Crippen LogP contribution in [0.2, 0.25) is 0 Å². The van der Waals surface area contributed by atoms with Crippen LogP contribution >= 0.6 is 15.9 Å². The Morgan fingerprint density at radius 3 is 2.79 bits per heavy atom. The van der Waals surface area contributed by atoms with Gasteiger partial charge in [0.15, 0.2) is 5.75 Å². The van der Waals surface area contributed by atoms with Crippen molar-refractivity contribution in [3.8, 4) is 11.8 Å². The molecule has 1 aromatic rings. The highest BCUT2D eigenvalue weighted by Gasteiger charge is 2.15. The van der Waals surface area contributed by atoms with Crippen LogP contribution in [0.25, 0.3) is 0 Å². The van der Waals surface area contributed by atoms with Gasteiger partial charge in [0.1, 0.15) is 5.69 Å². The summed E-state index contributed by atoms with van der Waals surface area (Å²) in [5.74, 6) is -0.268. The number of nitriles is 1. The molecule has 0 saturated heterocycles. The minimum atomic E-state index is -2.72. The molecule has 1 rings (SSSR count). The average molecular weight is 263 g/mol. The minimum Gasteiger partial charge on any atom is -0.505 e. The van der Waals surface area contributed by atoms with Crippen molar-refractivity contribution in [3.05, 3.63) is 21.9 Å². The molecule has 0 saturated carbocycles. The van der Waals surface area contributed by atoms with Gasteiger partial charge in [-0.05, 0) is 22.0 Å². The fraction of sp³-hybridized carbons (Fsp3) is 0.250. The van der Waals surface area contributed by atoms with E-state index in [1.165, 1.54) is 0 Å². The predicted octanol–water partition coefficient (Wildman–Crippen LogP) is 2.55. The summed E-state index contributed by atoms with van der Waals surface area (Å²) in [4.78, 5) is 3.47. The summed E-state index contributed by atoms with van der Waals surface area (Å²) in [5.41, 5.74) is -0.503. The molecule has 74 valence electrons. The molecule has 0 fully saturated rings. The first-order valence-corrected chi connectivity index (χ1v) is 4.39. The predicted molar refractivity (Wildman–Crippen MR) is 47.9 cm³/mol. The molecule has 0 aliphatic heterocycles. The molecular formula is C8H5BrF2N2O. The lowest BCUT2D eigenvalue weighted by molar-refractivity contribution is 0.145. The fourth-order valence-electron chi connectivity index (χ4n) is 0.887. The van der Waals surface area contributed by atoms with Crippen LogP contribution in [0, 0.1) is 11.3 Å². The van der Waals surface area contributed by atoms with E-state index in [4.69, 9.17) is 5.26 Å². The maximum absolute atomic E-state index is 12.3. The molecule has 14 heavy (non-hydrogen) atoms. The van der Waals surface area contributed by atoms with Gasteiger partial charge in [-0.15, -0.1) is 0 Å². The highest BCUT2D eigenvalue weighted by molar-refractivity contribution is 9.10. The maximum Gasteiger partial charge on any atom is 0.280 e. The first kappa shape index (κ1) is 10.9. The summed E-state index contributed by atoms with van der Waals surface area (Å²) in [6.45, 7) is 0. The lowest BCUT2D eigenvalue weighted by Crippen LogP contribution is -1.97. The van der Waals surface area contributed by atoms with Crippen LogP contribution in [0.4, 0.5) is 8.78 Å². The van der Waals surface area contributed by atoms with Crippen LogP contribution in [0.3, 0.4) is 0 Å². The lowest BCUT2D eigenvalue weighted by Gasteiger charge is -2.05. The van der Waals surface area contributed by atoms with E-state index in [1.807, 2.05) is 0 Å². The molecule has 0 bridgehead atoms. The number of aromatic hydroxyl groups is 1. The van der Waals surface area contributed by atoms with Crippen LogP contribution in [0.5, 0.6) is 5.75 Å². The second-order valence-corrected chi connectivity index (χ2v) is 3.31. The van der Waals surface area contributed by atoms with E-state index in [-0.39, 0.29) is 22.3 Å². The van der Waals surface area contributed by atoms with Crippen LogP contribution in [-0.2, 0) is 6.42 Å². The van der Waals surface area contributed by atoms with Crippen molar-refractivity contribution in [1.82, 2.24) is 4.98 Å². The van der Waals surface area contributed by atoms with E-state index < -0.39 is 12.1 Å². The topological polar surface area (TPSA) is 56.9 Å². The molecule has 6 heteroatoms. The van der Waals surface area contributed by atoms with Gasteiger partial charge in [0.2, 0.25) is 0 Å². The van der Waals surface area contributed by atoms with Gasteiger partial charge >= 0.3 is 0 Å². The van der Waals surface area contributed by atoms with Crippen molar-refractivity contribution >= 4 is 15.9 Å². The zero-order chi connectivity index (χ0) is 10.7. The summed E-state index contributed by atoms with van der Waals surface area (Å²) in [5, 5.41) is 17.7. The Balaban J connectivity index is 3.22. The molecule has 1 N–H and O–H groups in total. The Hall–Kier alpha value is -1.22. The average Bonchev–Trinajstić information content (AvgIpc) is 2.12. The number of pyridine rings is 1. The molecule has 0 aromatic carbocycles. The molecular weight excluding hydrogens is 258 g/mol. The largest absolute Gasteiger partial charge is 0.505 e. The van der Waals surface area contributed by atoms with E-state index in [2.05, 4.69) is 20.9 Å². The van der Waals surface area contributed by atoms with E-state index in [0.29, 0.717) is 0 Å². The van der Waals surface area contributed by atoms with Gasteiger partial charge in [0.25, 0.3) is 6.43 Å². The summed E-state index contributed by atoms with van der Waals surface area (Å²) < 4.78 is 24.6. The van der Waals surface area contributed by atoms with Crippen LogP contribution in [0.15, 0.2) is 10.5 Å². The number of nitrogens with zero attached hydrogens (tertiary/aromatic N) is 2. The molecule has 0 spiro atoms. The molecule has 0 atom stereocenters. The molecule has 0 radical (unpaired) electrons. The fourth-order valence-corrected chi connectivity index (χ4v) is 1.35. The number of halogens is 3. The minimum absolute atomic E-state index is 0.0443. The van der Waals surface area contributed by atoms with E-state index >= 15 is 0 Å². The van der Waals surface area contributed by atoms with Crippen molar-refractivity contribution in [1.29, 1.82) is 5.26 Å². The van der Waals surface area contributed by atoms with Crippen molar-refractivity contribution in [2.75, 3.05) is 0 Å². The molecule has 0 aliphatic rings. The summed E-state index contributed by atoms with van der Waals surface area (Å²) >= 11 is 2.90. The van der Waals surface area contributed by atoms with Crippen molar-refractivity contribution in [2.45, 2.75) is 12.8 Å². The zero-order valence-corrected chi connectivity index (χ0v) is 8.42. The summed E-state index contributed by atoms with van der Waals surface area (Å²) in [6, 6.07) is 2.76. The number of hydrogen-bond donors (Lipinski definition) is 1. The van der Waals surface area contributed by atoms with E-state index in [0.717, 1.165) is 6.07 Å². The zero-order valence-electron chi connectivity index (χ0n) is 6.84. The lowest BCUT2D eigenvalue weighted by atomic mass is 10.2. The standard InChI is InChI=1S/C8H5BrF2N2O/c9-4-3-6(8(10)11)13-5(1-2-12)7(4)14/h3,8,14H,1H2. The van der Waals surface area contributed by atoms with Crippen molar-refractivity contribution in [3.63, 3.8) is 0 Å². The second kappa shape index (κ2) is 4.33. The third-order valence-electron chi connectivity index (χ3n) is 1.51. The van der Waals surface area contributed by atoms with Crippen molar-refractivity contribution < 1.29 is 13.9 Å². The Morgan fingerprint density at radius 1 is 1.64 bits per heavy atom. The highest BCUT2D eigenvalue weighted by Crippen LogP contribution is 2.30. The first-order chi connectivity index (χ1) is 6.56. The summed E-state index contributed by atoms with van der Waals surface area (Å²) in [6.07, 6.45) is -2.92. The Bertz CT molecular complexity index is 390. The van der Waals surface area contributed by atoms with Gasteiger partial charge in [-0.1, -0.05) is 0 Å². The maximum atomic E-state index is 12.3. The van der Waals surface area contributed by atoms with Crippen LogP contribution in [0.1, 0.15) is 17.8 Å². The molecule has 0 amide bonds. The third-order valence-corrected chi connectivity index (χ3v) is 2.11. The molecule has 3 nitrogen and oxygen atoms in total. The van der Waals surface area contributed by atoms with Gasteiger partial charge in [0.05, 0.1) is 22.7 Å². The molecule has 1 heterocycles. The number of alkyl halides is 2. The smallest absolute Gasteiger partial charge is 0.280 e. The normalized spacial score (nSPS) is 10.2. The number of rotatable bonds is 2. The van der Waals surface area contributed by atoms with Gasteiger partial charge in [-0.2, -0.15) is 5.26 Å². The second-order valence-electron chi connectivity index (χ2n) is 2.46.